The Kier molecular flexibility index (Phi) is 5.27. The highest BCUT2D eigenvalue weighted by molar-refractivity contribution is 7.92. The van der Waals surface area contributed by atoms with Crippen LogP contribution in [-0.2, 0) is 16.6 Å². The monoisotopic (exact) mass is 409 g/mol. The van der Waals surface area contributed by atoms with Crippen molar-refractivity contribution in [1.82, 2.24) is 9.78 Å². The maximum Gasteiger partial charge on any atom is 0.263 e. The minimum Gasteiger partial charge on any atom is -0.266 e. The molecule has 1 heterocycles. The fourth-order valence-electron chi connectivity index (χ4n) is 2.52. The van der Waals surface area contributed by atoms with Crippen LogP contribution < -0.4 is 4.72 Å². The summed E-state index contributed by atoms with van der Waals surface area (Å²) >= 11 is 11.9. The highest BCUT2D eigenvalue weighted by Crippen LogP contribution is 2.23. The smallest absolute Gasteiger partial charge is 0.263 e. The second-order valence-corrected chi connectivity index (χ2v) is 8.49. The Morgan fingerprint density at radius 2 is 1.81 bits per heavy atom. The molecule has 0 aliphatic heterocycles. The summed E-state index contributed by atoms with van der Waals surface area (Å²) in [7, 11) is -3.70. The minimum absolute atomic E-state index is 0.247. The molecule has 5 nitrogen and oxygen atoms in total. The summed E-state index contributed by atoms with van der Waals surface area (Å²) in [6.07, 6.45) is 1.70. The van der Waals surface area contributed by atoms with E-state index >= 15 is 0 Å². The van der Waals surface area contributed by atoms with Gasteiger partial charge in [0.25, 0.3) is 10.0 Å². The van der Waals surface area contributed by atoms with E-state index < -0.39 is 10.0 Å². The largest absolute Gasteiger partial charge is 0.266 e. The molecule has 136 valence electrons. The second-order valence-electron chi connectivity index (χ2n) is 6.02. The molecule has 0 radical (unpaired) electrons. The van der Waals surface area contributed by atoms with Gasteiger partial charge in [-0.15, -0.1) is 0 Å². The number of benzene rings is 2. The molecule has 0 spiro atoms. The SMILES string of the molecule is Cc1ccc(C)c(S(=O)(=O)Nc2ccn(Cc3ccc(Cl)c(Cl)c3)n2)c1. The molecule has 0 atom stereocenters. The maximum absolute atomic E-state index is 12.6. The Labute approximate surface area is 162 Å². The Morgan fingerprint density at radius 3 is 2.54 bits per heavy atom. The summed E-state index contributed by atoms with van der Waals surface area (Å²) in [4.78, 5) is 0.247. The van der Waals surface area contributed by atoms with Gasteiger partial charge in [0.05, 0.1) is 21.5 Å². The van der Waals surface area contributed by atoms with E-state index in [4.69, 9.17) is 23.2 Å². The first-order valence-corrected chi connectivity index (χ1v) is 10.1. The van der Waals surface area contributed by atoms with E-state index in [1.807, 2.05) is 19.1 Å². The van der Waals surface area contributed by atoms with Gasteiger partial charge in [-0.25, -0.2) is 8.42 Å². The molecule has 1 aromatic heterocycles. The van der Waals surface area contributed by atoms with Crippen molar-refractivity contribution in [3.8, 4) is 0 Å². The average Bonchev–Trinajstić information content (AvgIpc) is 2.99. The lowest BCUT2D eigenvalue weighted by Gasteiger charge is -2.09. The molecule has 1 N–H and O–H groups in total. The first-order valence-electron chi connectivity index (χ1n) is 7.82. The lowest BCUT2D eigenvalue weighted by molar-refractivity contribution is 0.600. The van der Waals surface area contributed by atoms with Crippen LogP contribution in [0.1, 0.15) is 16.7 Å². The van der Waals surface area contributed by atoms with Gasteiger partial charge in [0.2, 0.25) is 0 Å². The predicted molar refractivity (Wildman–Crippen MR) is 105 cm³/mol. The Hall–Kier alpha value is -2.02. The zero-order valence-electron chi connectivity index (χ0n) is 14.2. The molecule has 8 heteroatoms. The molecule has 0 unspecified atom stereocenters. The van der Waals surface area contributed by atoms with Crippen molar-refractivity contribution in [2.75, 3.05) is 4.72 Å². The first kappa shape index (κ1) is 18.8. The van der Waals surface area contributed by atoms with Gasteiger partial charge < -0.3 is 0 Å². The number of sulfonamides is 1. The molecule has 0 amide bonds. The van der Waals surface area contributed by atoms with E-state index in [0.29, 0.717) is 22.2 Å². The van der Waals surface area contributed by atoms with Crippen molar-refractivity contribution in [2.45, 2.75) is 25.3 Å². The zero-order valence-corrected chi connectivity index (χ0v) is 16.5. The summed E-state index contributed by atoms with van der Waals surface area (Å²) in [6.45, 7) is 4.06. The van der Waals surface area contributed by atoms with E-state index in [2.05, 4.69) is 9.82 Å². The number of aryl methyl sites for hydroxylation is 2. The van der Waals surface area contributed by atoms with Crippen LogP contribution in [0.5, 0.6) is 0 Å². The summed E-state index contributed by atoms with van der Waals surface area (Å²) in [5.41, 5.74) is 2.46. The van der Waals surface area contributed by atoms with Crippen LogP contribution in [0.25, 0.3) is 0 Å². The molecule has 0 saturated carbocycles. The van der Waals surface area contributed by atoms with Crippen molar-refractivity contribution in [3.63, 3.8) is 0 Å². The van der Waals surface area contributed by atoms with Crippen molar-refractivity contribution in [1.29, 1.82) is 0 Å². The molecule has 26 heavy (non-hydrogen) atoms. The van der Waals surface area contributed by atoms with E-state index in [1.54, 1.807) is 48.1 Å². The minimum atomic E-state index is -3.70. The standard InChI is InChI=1S/C18H17Cl2N3O2S/c1-12-3-4-13(2)17(9-12)26(24,25)22-18-7-8-23(21-18)11-14-5-6-15(19)16(20)10-14/h3-10H,11H2,1-2H3,(H,21,22). The zero-order chi connectivity index (χ0) is 18.9. The molecule has 0 aliphatic carbocycles. The molecular weight excluding hydrogens is 393 g/mol. The number of hydrogen-bond acceptors (Lipinski definition) is 3. The van der Waals surface area contributed by atoms with Crippen molar-refractivity contribution in [2.24, 2.45) is 0 Å². The van der Waals surface area contributed by atoms with Gasteiger partial charge in [-0.2, -0.15) is 5.10 Å². The fraction of sp³-hybridized carbons (Fsp3) is 0.167. The van der Waals surface area contributed by atoms with Crippen LogP contribution in [0.4, 0.5) is 5.82 Å². The van der Waals surface area contributed by atoms with Crippen LogP contribution in [0, 0.1) is 13.8 Å². The van der Waals surface area contributed by atoms with E-state index in [1.165, 1.54) is 0 Å². The molecule has 3 rings (SSSR count). The van der Waals surface area contributed by atoms with Crippen molar-refractivity contribution >= 4 is 39.0 Å². The maximum atomic E-state index is 12.6. The summed E-state index contributed by atoms with van der Waals surface area (Å²) in [6, 6.07) is 12.2. The average molecular weight is 410 g/mol. The summed E-state index contributed by atoms with van der Waals surface area (Å²) in [5, 5.41) is 5.22. The third-order valence-corrected chi connectivity index (χ3v) is 6.08. The molecular formula is C18H17Cl2N3O2S. The number of rotatable bonds is 5. The van der Waals surface area contributed by atoms with Gasteiger partial charge in [-0.3, -0.25) is 9.40 Å². The molecule has 0 aliphatic rings. The Morgan fingerprint density at radius 1 is 1.04 bits per heavy atom. The van der Waals surface area contributed by atoms with Gasteiger partial charge in [0.15, 0.2) is 5.82 Å². The highest BCUT2D eigenvalue weighted by atomic mass is 35.5. The van der Waals surface area contributed by atoms with Gasteiger partial charge >= 0.3 is 0 Å². The summed E-state index contributed by atoms with van der Waals surface area (Å²) < 4.78 is 29.4. The van der Waals surface area contributed by atoms with Crippen LogP contribution >= 0.6 is 23.2 Å². The highest BCUT2D eigenvalue weighted by Gasteiger charge is 2.18. The molecule has 0 fully saturated rings. The lowest BCUT2D eigenvalue weighted by atomic mass is 10.2. The van der Waals surface area contributed by atoms with Gasteiger partial charge in [-0.1, -0.05) is 41.4 Å². The van der Waals surface area contributed by atoms with E-state index in [9.17, 15) is 8.42 Å². The third kappa shape index (κ3) is 4.20. The second kappa shape index (κ2) is 7.31. The first-order chi connectivity index (χ1) is 12.2. The predicted octanol–water partition coefficient (Wildman–Crippen LogP) is 4.66. The van der Waals surface area contributed by atoms with Crippen molar-refractivity contribution < 1.29 is 8.42 Å². The molecule has 3 aromatic rings. The lowest BCUT2D eigenvalue weighted by Crippen LogP contribution is -2.15. The number of nitrogens with zero attached hydrogens (tertiary/aromatic N) is 2. The normalized spacial score (nSPS) is 11.5. The van der Waals surface area contributed by atoms with Crippen molar-refractivity contribution in [3.05, 3.63) is 75.4 Å². The van der Waals surface area contributed by atoms with Crippen LogP contribution in [0.3, 0.4) is 0 Å². The van der Waals surface area contributed by atoms with Crippen LogP contribution in [-0.4, -0.2) is 18.2 Å². The van der Waals surface area contributed by atoms with E-state index in [0.717, 1.165) is 11.1 Å². The number of aromatic nitrogens is 2. The summed E-state index contributed by atoms with van der Waals surface area (Å²) in [5.74, 6) is 0.256. The van der Waals surface area contributed by atoms with Crippen LogP contribution in [0.2, 0.25) is 10.0 Å². The molecule has 0 bridgehead atoms. The third-order valence-electron chi connectivity index (χ3n) is 3.84. The van der Waals surface area contributed by atoms with Gasteiger partial charge in [0.1, 0.15) is 0 Å². The topological polar surface area (TPSA) is 64.0 Å². The Bertz CT molecular complexity index is 1060. The number of halogens is 2. The van der Waals surface area contributed by atoms with Gasteiger partial charge in [0, 0.05) is 12.3 Å². The Balaban J connectivity index is 1.79. The van der Waals surface area contributed by atoms with Gasteiger partial charge in [-0.05, 0) is 48.7 Å². The fourth-order valence-corrected chi connectivity index (χ4v) is 4.17. The number of hydrogen-bond donors (Lipinski definition) is 1. The molecule has 0 saturated heterocycles. The quantitative estimate of drug-likeness (QED) is 0.666. The molecule has 2 aromatic carbocycles. The number of nitrogens with one attached hydrogen (secondary N) is 1. The number of anilines is 1. The van der Waals surface area contributed by atoms with Crippen LogP contribution in [0.15, 0.2) is 53.6 Å². The van der Waals surface area contributed by atoms with E-state index in [-0.39, 0.29) is 10.7 Å².